The third kappa shape index (κ3) is 5.31. The monoisotopic (exact) mass is 497 g/mol. The van der Waals surface area contributed by atoms with Crippen molar-refractivity contribution in [1.29, 1.82) is 0 Å². The second-order valence-electron chi connectivity index (χ2n) is 9.17. The van der Waals surface area contributed by atoms with Gasteiger partial charge in [0.2, 0.25) is 5.91 Å². The van der Waals surface area contributed by atoms with E-state index in [4.69, 9.17) is 15.6 Å². The number of rotatable bonds is 8. The van der Waals surface area contributed by atoms with E-state index in [-0.39, 0.29) is 11.9 Å². The Morgan fingerprint density at radius 3 is 2.65 bits per heavy atom. The molecule has 1 fully saturated rings. The zero-order valence-electron chi connectivity index (χ0n) is 21.1. The number of nitrogens with two attached hydrogens (primary N) is 1. The standard InChI is InChI=1S/C28H31N7O2/c1-3-33(2)16-7-10-24(36)34-17-15-21(18-34)35-28-25(27(29)30-19-31-28)26(32-35)20-11-13-23(14-12-20)37-22-8-5-4-6-9-22/h4-14,19,21H,3,15-18H2,1-2H3,(H2,29,30,31)/t21-/m1/s1. The molecule has 0 spiro atoms. The number of ether oxygens (including phenoxy) is 1. The molecule has 1 aliphatic rings. The van der Waals surface area contributed by atoms with Crippen LogP contribution in [0.4, 0.5) is 5.82 Å². The van der Waals surface area contributed by atoms with E-state index in [9.17, 15) is 4.79 Å². The molecule has 0 saturated carbocycles. The smallest absolute Gasteiger partial charge is 0.246 e. The van der Waals surface area contributed by atoms with Gasteiger partial charge in [-0.05, 0) is 56.4 Å². The summed E-state index contributed by atoms with van der Waals surface area (Å²) in [5.41, 5.74) is 8.57. The van der Waals surface area contributed by atoms with Gasteiger partial charge < -0.3 is 20.3 Å². The summed E-state index contributed by atoms with van der Waals surface area (Å²) in [5.74, 6) is 1.90. The Morgan fingerprint density at radius 1 is 1.14 bits per heavy atom. The highest BCUT2D eigenvalue weighted by Crippen LogP contribution is 2.35. The number of likely N-dealkylation sites (tertiary alicyclic amines) is 1. The highest BCUT2D eigenvalue weighted by molar-refractivity contribution is 5.98. The maximum atomic E-state index is 12.7. The molecule has 2 aromatic carbocycles. The molecule has 3 heterocycles. The number of carbonyl (C=O) groups is 1. The van der Waals surface area contributed by atoms with Gasteiger partial charge in [0, 0.05) is 31.3 Å². The van der Waals surface area contributed by atoms with Gasteiger partial charge in [-0.15, -0.1) is 0 Å². The second-order valence-corrected chi connectivity index (χ2v) is 9.17. The van der Waals surface area contributed by atoms with Crippen molar-refractivity contribution in [2.45, 2.75) is 19.4 Å². The molecule has 9 nitrogen and oxygen atoms in total. The molecule has 0 bridgehead atoms. The first-order valence-corrected chi connectivity index (χ1v) is 12.5. The summed E-state index contributed by atoms with van der Waals surface area (Å²) in [4.78, 5) is 25.5. The number of hydrogen-bond acceptors (Lipinski definition) is 7. The number of hydrogen-bond donors (Lipinski definition) is 1. The summed E-state index contributed by atoms with van der Waals surface area (Å²) in [7, 11) is 2.03. The van der Waals surface area contributed by atoms with E-state index in [1.54, 1.807) is 6.08 Å². The zero-order chi connectivity index (χ0) is 25.8. The minimum absolute atomic E-state index is 0.00176. The molecule has 9 heteroatoms. The summed E-state index contributed by atoms with van der Waals surface area (Å²) in [6.07, 6.45) is 5.83. The molecule has 190 valence electrons. The minimum atomic E-state index is 0.00176. The molecule has 2 aromatic heterocycles. The average molecular weight is 498 g/mol. The molecule has 37 heavy (non-hydrogen) atoms. The topological polar surface area (TPSA) is 102 Å². The van der Waals surface area contributed by atoms with E-state index in [2.05, 4.69) is 21.8 Å². The molecule has 0 aliphatic carbocycles. The summed E-state index contributed by atoms with van der Waals surface area (Å²) in [6, 6.07) is 17.4. The van der Waals surface area contributed by atoms with Crippen LogP contribution in [0.25, 0.3) is 22.3 Å². The predicted molar refractivity (Wildman–Crippen MR) is 144 cm³/mol. The average Bonchev–Trinajstić information content (AvgIpc) is 3.56. The lowest BCUT2D eigenvalue weighted by Gasteiger charge is -2.15. The van der Waals surface area contributed by atoms with Crippen LogP contribution in [0.15, 0.2) is 73.1 Å². The van der Waals surface area contributed by atoms with Crippen molar-refractivity contribution in [3.8, 4) is 22.8 Å². The van der Waals surface area contributed by atoms with Crippen LogP contribution in [0.3, 0.4) is 0 Å². The van der Waals surface area contributed by atoms with Gasteiger partial charge in [0.25, 0.3) is 0 Å². The van der Waals surface area contributed by atoms with Gasteiger partial charge in [0.05, 0.1) is 11.4 Å². The van der Waals surface area contributed by atoms with Crippen LogP contribution < -0.4 is 10.5 Å². The highest BCUT2D eigenvalue weighted by Gasteiger charge is 2.30. The Bertz CT molecular complexity index is 1400. The molecule has 4 aromatic rings. The van der Waals surface area contributed by atoms with Crippen LogP contribution >= 0.6 is 0 Å². The molecule has 2 N–H and O–H groups in total. The number of nitrogen functional groups attached to an aromatic ring is 1. The van der Waals surface area contributed by atoms with Crippen LogP contribution in [0.5, 0.6) is 11.5 Å². The van der Waals surface area contributed by atoms with Crippen molar-refractivity contribution >= 4 is 22.8 Å². The number of carbonyl (C=O) groups excluding carboxylic acids is 1. The van der Waals surface area contributed by atoms with Gasteiger partial charge in [-0.3, -0.25) is 4.79 Å². The fourth-order valence-electron chi connectivity index (χ4n) is 4.47. The number of fused-ring (bicyclic) bond motifs is 1. The third-order valence-electron chi connectivity index (χ3n) is 6.66. The van der Waals surface area contributed by atoms with Gasteiger partial charge >= 0.3 is 0 Å². The fraction of sp³-hybridized carbons (Fsp3) is 0.286. The van der Waals surface area contributed by atoms with Crippen LogP contribution in [-0.4, -0.2) is 68.7 Å². The molecule has 1 amide bonds. The van der Waals surface area contributed by atoms with Crippen molar-refractivity contribution in [2.24, 2.45) is 0 Å². The highest BCUT2D eigenvalue weighted by atomic mass is 16.5. The fourth-order valence-corrected chi connectivity index (χ4v) is 4.47. The van der Waals surface area contributed by atoms with E-state index < -0.39 is 0 Å². The maximum Gasteiger partial charge on any atom is 0.246 e. The number of amides is 1. The molecular formula is C28H31N7O2. The lowest BCUT2D eigenvalue weighted by atomic mass is 10.1. The molecule has 1 saturated heterocycles. The molecule has 0 radical (unpaired) electrons. The number of anilines is 1. The Labute approximate surface area is 216 Å². The van der Waals surface area contributed by atoms with E-state index in [1.807, 2.05) is 77.3 Å². The molecule has 5 rings (SSSR count). The third-order valence-corrected chi connectivity index (χ3v) is 6.66. The molecule has 1 atom stereocenters. The Hall–Kier alpha value is -4.24. The lowest BCUT2D eigenvalue weighted by Crippen LogP contribution is -2.28. The van der Waals surface area contributed by atoms with Gasteiger partial charge in [-0.25, -0.2) is 14.6 Å². The Balaban J connectivity index is 1.38. The van der Waals surface area contributed by atoms with Crippen molar-refractivity contribution in [3.05, 3.63) is 73.1 Å². The number of benzene rings is 2. The van der Waals surface area contributed by atoms with Crippen molar-refractivity contribution in [1.82, 2.24) is 29.5 Å². The van der Waals surface area contributed by atoms with Gasteiger partial charge in [-0.2, -0.15) is 5.10 Å². The van der Waals surface area contributed by atoms with E-state index in [0.29, 0.717) is 35.6 Å². The second kappa shape index (κ2) is 10.8. The normalized spacial score (nSPS) is 15.8. The number of likely N-dealkylation sites (N-methyl/N-ethyl adjacent to an activating group) is 1. The maximum absolute atomic E-state index is 12.7. The number of nitrogens with zero attached hydrogens (tertiary/aromatic N) is 6. The zero-order valence-corrected chi connectivity index (χ0v) is 21.1. The Kier molecular flexibility index (Phi) is 7.14. The lowest BCUT2D eigenvalue weighted by molar-refractivity contribution is -0.125. The van der Waals surface area contributed by atoms with Crippen molar-refractivity contribution in [2.75, 3.05) is 39.0 Å². The van der Waals surface area contributed by atoms with E-state index >= 15 is 0 Å². The molecule has 1 aliphatic heterocycles. The number of para-hydroxylation sites is 1. The summed E-state index contributed by atoms with van der Waals surface area (Å²) in [5, 5.41) is 5.65. The first kappa shape index (κ1) is 24.5. The number of aromatic nitrogens is 4. The first-order valence-electron chi connectivity index (χ1n) is 12.5. The van der Waals surface area contributed by atoms with Gasteiger partial charge in [-0.1, -0.05) is 31.2 Å². The summed E-state index contributed by atoms with van der Waals surface area (Å²) in [6.45, 7) is 5.01. The van der Waals surface area contributed by atoms with Crippen LogP contribution in [-0.2, 0) is 4.79 Å². The van der Waals surface area contributed by atoms with Crippen molar-refractivity contribution < 1.29 is 9.53 Å². The van der Waals surface area contributed by atoms with Gasteiger partial charge in [0.1, 0.15) is 29.3 Å². The van der Waals surface area contributed by atoms with E-state index in [0.717, 1.165) is 36.6 Å². The molecule has 0 unspecified atom stereocenters. The van der Waals surface area contributed by atoms with E-state index in [1.165, 1.54) is 6.33 Å². The molecular weight excluding hydrogens is 466 g/mol. The quantitative estimate of drug-likeness (QED) is 0.365. The van der Waals surface area contributed by atoms with Crippen LogP contribution in [0.2, 0.25) is 0 Å². The predicted octanol–water partition coefficient (Wildman–Crippen LogP) is 4.15. The minimum Gasteiger partial charge on any atom is -0.457 e. The van der Waals surface area contributed by atoms with Crippen molar-refractivity contribution in [3.63, 3.8) is 0 Å². The van der Waals surface area contributed by atoms with Gasteiger partial charge in [0.15, 0.2) is 5.65 Å². The summed E-state index contributed by atoms with van der Waals surface area (Å²) >= 11 is 0. The summed E-state index contributed by atoms with van der Waals surface area (Å²) < 4.78 is 7.83. The first-order chi connectivity index (χ1) is 18.0. The van der Waals surface area contributed by atoms with Crippen LogP contribution in [0.1, 0.15) is 19.4 Å². The van der Waals surface area contributed by atoms with Crippen LogP contribution in [0, 0.1) is 0 Å². The Morgan fingerprint density at radius 2 is 1.89 bits per heavy atom. The largest absolute Gasteiger partial charge is 0.457 e. The SMILES string of the molecule is CCN(C)CC=CC(=O)N1CC[C@@H](n2nc(-c3ccc(Oc4ccccc4)cc3)c3c(N)ncnc32)C1.